The Morgan fingerprint density at radius 1 is 1.35 bits per heavy atom. The molecule has 23 heavy (non-hydrogen) atoms. The number of anilines is 1. The average molecular weight is 352 g/mol. The van der Waals surface area contributed by atoms with Crippen molar-refractivity contribution in [3.05, 3.63) is 34.5 Å². The summed E-state index contributed by atoms with van der Waals surface area (Å²) in [6.07, 6.45) is 0.877. The van der Waals surface area contributed by atoms with Gasteiger partial charge in [-0.25, -0.2) is 0 Å². The highest BCUT2D eigenvalue weighted by Gasteiger charge is 2.13. The van der Waals surface area contributed by atoms with Gasteiger partial charge in [-0.1, -0.05) is 24.6 Å². The first-order chi connectivity index (χ1) is 11.1. The molecule has 5 nitrogen and oxygen atoms in total. The van der Waals surface area contributed by atoms with Crippen molar-refractivity contribution in [2.75, 3.05) is 26.1 Å². The summed E-state index contributed by atoms with van der Waals surface area (Å²) in [6, 6.07) is 7.99. The van der Waals surface area contributed by atoms with E-state index in [-0.39, 0.29) is 5.15 Å². The summed E-state index contributed by atoms with van der Waals surface area (Å²) in [4.78, 5) is 0. The minimum Gasteiger partial charge on any atom is -0.493 e. The van der Waals surface area contributed by atoms with E-state index < -0.39 is 0 Å². The van der Waals surface area contributed by atoms with Crippen molar-refractivity contribution in [2.45, 2.75) is 13.3 Å². The van der Waals surface area contributed by atoms with Gasteiger partial charge in [0.05, 0.1) is 14.2 Å². The zero-order chi connectivity index (χ0) is 16.8. The number of methoxy groups -OCH3 is 2. The van der Waals surface area contributed by atoms with Crippen LogP contribution in [-0.2, 0) is 6.42 Å². The third-order valence-corrected chi connectivity index (χ3v) is 4.58. The number of benzene rings is 1. The molecule has 1 atom stereocenters. The van der Waals surface area contributed by atoms with Crippen molar-refractivity contribution in [2.24, 2.45) is 5.92 Å². The third-order valence-electron chi connectivity index (χ3n) is 3.41. The largest absolute Gasteiger partial charge is 0.493 e. The van der Waals surface area contributed by atoms with Gasteiger partial charge in [-0.2, -0.15) is 9.64 Å². The molecule has 1 unspecified atom stereocenters. The molecule has 0 amide bonds. The normalized spacial score (nSPS) is 11.6. The molecule has 2 aromatic rings. The second kappa shape index (κ2) is 8.04. The van der Waals surface area contributed by atoms with Crippen LogP contribution in [0.2, 0.25) is 5.15 Å². The van der Waals surface area contributed by atoms with Crippen LogP contribution in [0, 0.1) is 17.2 Å². The van der Waals surface area contributed by atoms with E-state index in [1.165, 1.54) is 17.1 Å². The molecular weight excluding hydrogens is 334 g/mol. The van der Waals surface area contributed by atoms with Crippen LogP contribution in [-0.4, -0.2) is 25.1 Å². The van der Waals surface area contributed by atoms with Crippen molar-refractivity contribution in [1.82, 2.24) is 4.37 Å². The van der Waals surface area contributed by atoms with E-state index in [0.29, 0.717) is 11.5 Å². The van der Waals surface area contributed by atoms with Crippen molar-refractivity contribution in [3.8, 4) is 17.6 Å². The van der Waals surface area contributed by atoms with E-state index in [4.69, 9.17) is 26.3 Å². The number of hydrogen-bond acceptors (Lipinski definition) is 6. The Kier molecular flexibility index (Phi) is 6.08. The van der Waals surface area contributed by atoms with Crippen LogP contribution in [0.1, 0.15) is 18.1 Å². The van der Waals surface area contributed by atoms with Crippen molar-refractivity contribution < 1.29 is 9.47 Å². The first-order valence-corrected chi connectivity index (χ1v) is 8.24. The summed E-state index contributed by atoms with van der Waals surface area (Å²) in [7, 11) is 3.25. The highest BCUT2D eigenvalue weighted by atomic mass is 35.5. The van der Waals surface area contributed by atoms with Gasteiger partial charge in [0, 0.05) is 6.54 Å². The number of aromatic nitrogens is 1. The molecule has 0 saturated heterocycles. The summed E-state index contributed by atoms with van der Waals surface area (Å²) in [5.74, 6) is 1.81. The maximum Gasteiger partial charge on any atom is 0.162 e. The Hall–Kier alpha value is -1.97. The second-order valence-electron chi connectivity index (χ2n) is 5.17. The molecule has 122 valence electrons. The van der Waals surface area contributed by atoms with Gasteiger partial charge in [0.15, 0.2) is 16.7 Å². The van der Waals surface area contributed by atoms with Crippen LogP contribution >= 0.6 is 23.1 Å². The highest BCUT2D eigenvalue weighted by molar-refractivity contribution is 7.10. The SMILES string of the molecule is COc1ccc(CC(C)CNc2snc(Cl)c2C#N)cc1OC. The Balaban J connectivity index is 1.97. The molecular formula is C16H18ClN3O2S. The van der Waals surface area contributed by atoms with Gasteiger partial charge in [0.2, 0.25) is 0 Å². The molecule has 0 aliphatic rings. The molecule has 0 bridgehead atoms. The second-order valence-corrected chi connectivity index (χ2v) is 6.30. The van der Waals surface area contributed by atoms with Gasteiger partial charge in [0.25, 0.3) is 0 Å². The van der Waals surface area contributed by atoms with Crippen LogP contribution in [0.4, 0.5) is 5.00 Å². The lowest BCUT2D eigenvalue weighted by molar-refractivity contribution is 0.354. The molecule has 0 saturated carbocycles. The van der Waals surface area contributed by atoms with Gasteiger partial charge in [-0.15, -0.1) is 0 Å². The smallest absolute Gasteiger partial charge is 0.162 e. The van der Waals surface area contributed by atoms with E-state index in [2.05, 4.69) is 22.7 Å². The number of halogens is 1. The Bertz CT molecular complexity index is 712. The van der Waals surface area contributed by atoms with Crippen molar-refractivity contribution in [1.29, 1.82) is 5.26 Å². The van der Waals surface area contributed by atoms with Gasteiger partial charge in [0.1, 0.15) is 16.6 Å². The standard InChI is InChI=1S/C16H18ClN3O2S/c1-10(9-19-16-12(8-18)15(17)20-23-16)6-11-4-5-13(21-2)14(7-11)22-3/h4-5,7,10,19H,6,9H2,1-3H3. The molecule has 0 aliphatic heterocycles. The highest BCUT2D eigenvalue weighted by Crippen LogP contribution is 2.29. The Morgan fingerprint density at radius 2 is 2.09 bits per heavy atom. The summed E-state index contributed by atoms with van der Waals surface area (Å²) in [5, 5.41) is 13.3. The lowest BCUT2D eigenvalue weighted by Gasteiger charge is -2.14. The van der Waals surface area contributed by atoms with Gasteiger partial charge in [-0.05, 0) is 41.6 Å². The number of nitrogens with zero attached hydrogens (tertiary/aromatic N) is 2. The van der Waals surface area contributed by atoms with E-state index in [1.807, 2.05) is 18.2 Å². The number of nitriles is 1. The maximum absolute atomic E-state index is 9.06. The lowest BCUT2D eigenvalue weighted by atomic mass is 10.0. The lowest BCUT2D eigenvalue weighted by Crippen LogP contribution is -2.13. The topological polar surface area (TPSA) is 67.2 Å². The van der Waals surface area contributed by atoms with Crippen LogP contribution < -0.4 is 14.8 Å². The molecule has 2 rings (SSSR count). The fourth-order valence-corrected chi connectivity index (χ4v) is 3.18. The quantitative estimate of drug-likeness (QED) is 0.817. The molecule has 1 heterocycles. The summed E-state index contributed by atoms with van der Waals surface area (Å²) in [6.45, 7) is 2.86. The fourth-order valence-electron chi connectivity index (χ4n) is 2.24. The van der Waals surface area contributed by atoms with E-state index in [9.17, 15) is 0 Å². The summed E-state index contributed by atoms with van der Waals surface area (Å²) in [5.41, 5.74) is 1.58. The van der Waals surface area contributed by atoms with Gasteiger partial charge in [-0.3, -0.25) is 0 Å². The number of ether oxygens (including phenoxy) is 2. The fraction of sp³-hybridized carbons (Fsp3) is 0.375. The molecule has 0 aliphatic carbocycles. The molecule has 1 aromatic carbocycles. The minimum absolute atomic E-state index is 0.257. The predicted molar refractivity (Wildman–Crippen MR) is 92.7 cm³/mol. The van der Waals surface area contributed by atoms with Crippen LogP contribution in [0.3, 0.4) is 0 Å². The van der Waals surface area contributed by atoms with Crippen LogP contribution in [0.25, 0.3) is 0 Å². The first kappa shape index (κ1) is 17.4. The molecule has 7 heteroatoms. The number of rotatable bonds is 7. The van der Waals surface area contributed by atoms with Gasteiger partial charge < -0.3 is 14.8 Å². The van der Waals surface area contributed by atoms with E-state index in [1.54, 1.807) is 14.2 Å². The van der Waals surface area contributed by atoms with Crippen molar-refractivity contribution >= 4 is 28.1 Å². The summed E-state index contributed by atoms with van der Waals surface area (Å²) >= 11 is 7.07. The minimum atomic E-state index is 0.257. The number of nitrogens with one attached hydrogen (secondary N) is 1. The van der Waals surface area contributed by atoms with E-state index >= 15 is 0 Å². The Labute approximate surface area is 145 Å². The van der Waals surface area contributed by atoms with Crippen LogP contribution in [0.15, 0.2) is 18.2 Å². The molecule has 0 fully saturated rings. The van der Waals surface area contributed by atoms with Crippen molar-refractivity contribution in [3.63, 3.8) is 0 Å². The maximum atomic E-state index is 9.06. The zero-order valence-corrected chi connectivity index (χ0v) is 14.8. The first-order valence-electron chi connectivity index (χ1n) is 7.09. The van der Waals surface area contributed by atoms with E-state index in [0.717, 1.165) is 29.5 Å². The predicted octanol–water partition coefficient (Wildman–Crippen LogP) is 3.98. The molecule has 0 spiro atoms. The molecule has 0 radical (unpaired) electrons. The molecule has 1 N–H and O–H groups in total. The third kappa shape index (κ3) is 4.27. The molecule has 1 aromatic heterocycles. The monoisotopic (exact) mass is 351 g/mol. The number of hydrogen-bond donors (Lipinski definition) is 1. The zero-order valence-electron chi connectivity index (χ0n) is 13.2. The Morgan fingerprint density at radius 3 is 2.74 bits per heavy atom. The van der Waals surface area contributed by atoms with Gasteiger partial charge >= 0.3 is 0 Å². The van der Waals surface area contributed by atoms with Crippen LogP contribution in [0.5, 0.6) is 11.5 Å². The average Bonchev–Trinajstić information content (AvgIpc) is 2.92. The summed E-state index contributed by atoms with van der Waals surface area (Å²) < 4.78 is 14.5.